The first kappa shape index (κ1) is 20.0. The number of carbonyl (C=O) groups excluding carboxylic acids is 1. The molecule has 4 nitrogen and oxygen atoms in total. The highest BCUT2D eigenvalue weighted by Crippen LogP contribution is 2.37. The molecule has 1 amide bonds. The standard InChI is InChI=1S/C21H21ClF3N3O/c1-13-10-15-4-2-3-5-18(15)28(13)20(29)14-6-8-27(9-7-14)19-17(22)11-16(12-26-19)21(23,24)25/h2-5,11-14H,6-10H2,1H3/t13-/m1/s1. The molecule has 0 radical (unpaired) electrons. The molecule has 0 unspecified atom stereocenters. The van der Waals surface area contributed by atoms with Gasteiger partial charge in [0.15, 0.2) is 0 Å². The predicted molar refractivity (Wildman–Crippen MR) is 106 cm³/mol. The highest BCUT2D eigenvalue weighted by molar-refractivity contribution is 6.33. The van der Waals surface area contributed by atoms with Crippen LogP contribution in [0.4, 0.5) is 24.7 Å². The van der Waals surface area contributed by atoms with Crippen molar-refractivity contribution in [2.75, 3.05) is 22.9 Å². The fourth-order valence-electron chi connectivity index (χ4n) is 4.25. The number of nitrogens with zero attached hydrogens (tertiary/aromatic N) is 3. The van der Waals surface area contributed by atoms with Crippen LogP contribution in [0, 0.1) is 5.92 Å². The van der Waals surface area contributed by atoms with Gasteiger partial charge in [-0.25, -0.2) is 4.98 Å². The van der Waals surface area contributed by atoms with Crippen LogP contribution in [0.2, 0.25) is 5.02 Å². The third-order valence-electron chi connectivity index (χ3n) is 5.74. The molecule has 2 aliphatic rings. The summed E-state index contributed by atoms with van der Waals surface area (Å²) in [6.07, 6.45) is -1.59. The van der Waals surface area contributed by atoms with Crippen molar-refractivity contribution in [2.45, 2.75) is 38.4 Å². The van der Waals surface area contributed by atoms with Gasteiger partial charge in [-0.1, -0.05) is 29.8 Å². The molecule has 29 heavy (non-hydrogen) atoms. The zero-order valence-electron chi connectivity index (χ0n) is 15.9. The Morgan fingerprint density at radius 1 is 1.21 bits per heavy atom. The summed E-state index contributed by atoms with van der Waals surface area (Å²) in [6.45, 7) is 3.11. The number of anilines is 2. The van der Waals surface area contributed by atoms with E-state index >= 15 is 0 Å². The van der Waals surface area contributed by atoms with Gasteiger partial charge in [0.2, 0.25) is 5.91 Å². The minimum Gasteiger partial charge on any atom is -0.355 e. The van der Waals surface area contributed by atoms with Crippen molar-refractivity contribution in [1.82, 2.24) is 4.98 Å². The highest BCUT2D eigenvalue weighted by Gasteiger charge is 2.37. The summed E-state index contributed by atoms with van der Waals surface area (Å²) >= 11 is 6.07. The fraction of sp³-hybridized carbons (Fsp3) is 0.429. The van der Waals surface area contributed by atoms with Gasteiger partial charge >= 0.3 is 6.18 Å². The fourth-order valence-corrected chi connectivity index (χ4v) is 4.54. The third-order valence-corrected chi connectivity index (χ3v) is 6.02. The number of pyridine rings is 1. The van der Waals surface area contributed by atoms with E-state index in [1.165, 1.54) is 5.56 Å². The molecule has 3 heterocycles. The van der Waals surface area contributed by atoms with Gasteiger partial charge in [0.1, 0.15) is 5.82 Å². The Labute approximate surface area is 172 Å². The number of benzene rings is 1. The van der Waals surface area contributed by atoms with Crippen LogP contribution in [0.5, 0.6) is 0 Å². The van der Waals surface area contributed by atoms with Crippen molar-refractivity contribution in [3.63, 3.8) is 0 Å². The first-order valence-corrected chi connectivity index (χ1v) is 10.0. The molecule has 8 heteroatoms. The Morgan fingerprint density at radius 2 is 1.90 bits per heavy atom. The molecule has 0 bridgehead atoms. The number of fused-ring (bicyclic) bond motifs is 1. The summed E-state index contributed by atoms with van der Waals surface area (Å²) in [5.41, 5.74) is 1.31. The Morgan fingerprint density at radius 3 is 2.55 bits per heavy atom. The number of alkyl halides is 3. The van der Waals surface area contributed by atoms with Crippen LogP contribution in [0.15, 0.2) is 36.5 Å². The summed E-state index contributed by atoms with van der Waals surface area (Å²) < 4.78 is 38.4. The van der Waals surface area contributed by atoms with Crippen molar-refractivity contribution < 1.29 is 18.0 Å². The predicted octanol–water partition coefficient (Wildman–Crippen LogP) is 4.95. The monoisotopic (exact) mass is 423 g/mol. The van der Waals surface area contributed by atoms with E-state index < -0.39 is 11.7 Å². The normalized spacial score (nSPS) is 20.1. The maximum Gasteiger partial charge on any atom is 0.417 e. The maximum atomic E-state index is 13.2. The molecule has 1 aromatic carbocycles. The van der Waals surface area contributed by atoms with E-state index in [1.54, 1.807) is 0 Å². The van der Waals surface area contributed by atoms with E-state index in [0.717, 1.165) is 24.4 Å². The van der Waals surface area contributed by atoms with Crippen molar-refractivity contribution in [2.24, 2.45) is 5.92 Å². The lowest BCUT2D eigenvalue weighted by atomic mass is 9.94. The largest absolute Gasteiger partial charge is 0.417 e. The molecule has 0 N–H and O–H groups in total. The number of amides is 1. The number of piperidine rings is 1. The van der Waals surface area contributed by atoms with Crippen molar-refractivity contribution in [1.29, 1.82) is 0 Å². The third kappa shape index (κ3) is 3.80. The number of para-hydroxylation sites is 1. The summed E-state index contributed by atoms with van der Waals surface area (Å²) in [6, 6.07) is 9.00. The number of hydrogen-bond acceptors (Lipinski definition) is 3. The van der Waals surface area contributed by atoms with E-state index in [9.17, 15) is 18.0 Å². The maximum absolute atomic E-state index is 13.2. The lowest BCUT2D eigenvalue weighted by Crippen LogP contribution is -2.45. The Balaban J connectivity index is 1.44. The zero-order chi connectivity index (χ0) is 20.8. The Bertz CT molecular complexity index is 926. The molecular weight excluding hydrogens is 403 g/mol. The van der Waals surface area contributed by atoms with E-state index in [2.05, 4.69) is 18.0 Å². The van der Waals surface area contributed by atoms with E-state index in [4.69, 9.17) is 11.6 Å². The van der Waals surface area contributed by atoms with Gasteiger partial charge in [0.25, 0.3) is 0 Å². The highest BCUT2D eigenvalue weighted by atomic mass is 35.5. The van der Waals surface area contributed by atoms with E-state index in [0.29, 0.717) is 31.7 Å². The number of rotatable bonds is 2. The molecule has 2 aliphatic heterocycles. The van der Waals surface area contributed by atoms with Crippen LogP contribution in [-0.2, 0) is 17.4 Å². The van der Waals surface area contributed by atoms with Gasteiger partial charge in [0.05, 0.1) is 10.6 Å². The zero-order valence-corrected chi connectivity index (χ0v) is 16.7. The molecule has 1 atom stereocenters. The first-order valence-electron chi connectivity index (χ1n) is 9.64. The summed E-state index contributed by atoms with van der Waals surface area (Å²) in [5.74, 6) is 0.340. The molecule has 4 rings (SSSR count). The van der Waals surface area contributed by atoms with Crippen LogP contribution >= 0.6 is 11.6 Å². The van der Waals surface area contributed by atoms with Gasteiger partial charge in [-0.2, -0.15) is 13.2 Å². The van der Waals surface area contributed by atoms with Crippen LogP contribution in [0.25, 0.3) is 0 Å². The van der Waals surface area contributed by atoms with Crippen LogP contribution in [0.3, 0.4) is 0 Å². The Kier molecular flexibility index (Phi) is 5.19. The number of aromatic nitrogens is 1. The van der Waals surface area contributed by atoms with Crippen molar-refractivity contribution in [3.8, 4) is 0 Å². The summed E-state index contributed by atoms with van der Waals surface area (Å²) in [4.78, 5) is 20.9. The van der Waals surface area contributed by atoms with Gasteiger partial charge in [-0.3, -0.25) is 4.79 Å². The van der Waals surface area contributed by atoms with Crippen LogP contribution in [0.1, 0.15) is 30.9 Å². The van der Waals surface area contributed by atoms with Gasteiger partial charge in [0, 0.05) is 36.9 Å². The van der Waals surface area contributed by atoms with Gasteiger partial charge in [-0.05, 0) is 43.9 Å². The molecule has 2 aromatic rings. The second-order valence-corrected chi connectivity index (χ2v) is 8.09. The quantitative estimate of drug-likeness (QED) is 0.686. The average molecular weight is 424 g/mol. The Hall–Kier alpha value is -2.28. The van der Waals surface area contributed by atoms with Gasteiger partial charge in [-0.15, -0.1) is 0 Å². The SMILES string of the molecule is C[C@@H]1Cc2ccccc2N1C(=O)C1CCN(c2ncc(C(F)(F)F)cc2Cl)CC1. The van der Waals surface area contributed by atoms with Crippen LogP contribution < -0.4 is 9.80 Å². The molecule has 0 aliphatic carbocycles. The molecule has 1 aromatic heterocycles. The van der Waals surface area contributed by atoms with Crippen molar-refractivity contribution >= 4 is 29.0 Å². The smallest absolute Gasteiger partial charge is 0.355 e. The molecular formula is C21H21ClF3N3O. The first-order chi connectivity index (χ1) is 13.8. The minimum absolute atomic E-state index is 0.0216. The number of hydrogen-bond donors (Lipinski definition) is 0. The van der Waals surface area contributed by atoms with E-state index in [1.807, 2.05) is 28.0 Å². The topological polar surface area (TPSA) is 36.4 Å². The second kappa shape index (κ2) is 7.52. The van der Waals surface area contributed by atoms with E-state index in [-0.39, 0.29) is 22.9 Å². The summed E-state index contributed by atoms with van der Waals surface area (Å²) in [5, 5.41) is -0.0216. The summed E-state index contributed by atoms with van der Waals surface area (Å²) in [7, 11) is 0. The lowest BCUT2D eigenvalue weighted by Gasteiger charge is -2.35. The second-order valence-electron chi connectivity index (χ2n) is 7.68. The minimum atomic E-state index is -4.47. The molecule has 1 fully saturated rings. The molecule has 154 valence electrons. The molecule has 0 spiro atoms. The van der Waals surface area contributed by atoms with Crippen LogP contribution in [-0.4, -0.2) is 30.0 Å². The average Bonchev–Trinajstić information content (AvgIpc) is 3.02. The number of carbonyl (C=O) groups is 1. The number of halogens is 4. The van der Waals surface area contributed by atoms with Crippen molar-refractivity contribution in [3.05, 3.63) is 52.7 Å². The lowest BCUT2D eigenvalue weighted by molar-refractivity contribution is -0.137. The van der Waals surface area contributed by atoms with Gasteiger partial charge < -0.3 is 9.80 Å². The molecule has 1 saturated heterocycles. The molecule has 0 saturated carbocycles.